The molecule has 0 N–H and O–H groups in total. The molecule has 1 aromatic heterocycles. The van der Waals surface area contributed by atoms with Crippen molar-refractivity contribution in [2.45, 2.75) is 13.8 Å². The van der Waals surface area contributed by atoms with Crippen LogP contribution in [0.25, 0.3) is 22.4 Å². The van der Waals surface area contributed by atoms with E-state index in [-0.39, 0.29) is 0 Å². The van der Waals surface area contributed by atoms with Crippen LogP contribution in [0.2, 0.25) is 0 Å². The molecule has 3 aromatic rings. The van der Waals surface area contributed by atoms with Crippen LogP contribution in [0.15, 0.2) is 42.5 Å². The lowest BCUT2D eigenvalue weighted by Crippen LogP contribution is -1.96. The van der Waals surface area contributed by atoms with E-state index in [1.165, 1.54) is 22.2 Å². The Bertz CT molecular complexity index is 703. The second kappa shape index (κ2) is 3.98. The maximum atomic E-state index is 4.77. The molecule has 0 saturated heterocycles. The average molecular weight is 236 g/mol. The summed E-state index contributed by atoms with van der Waals surface area (Å²) in [6, 6.07) is 14.6. The summed E-state index contributed by atoms with van der Waals surface area (Å²) >= 11 is 0. The molecular weight excluding hydrogens is 220 g/mol. The third kappa shape index (κ3) is 1.53. The first-order chi connectivity index (χ1) is 8.68. The Morgan fingerprint density at radius 2 is 1.56 bits per heavy atom. The summed E-state index contributed by atoms with van der Waals surface area (Å²) in [7, 11) is 2.08. The van der Waals surface area contributed by atoms with E-state index in [9.17, 15) is 0 Å². The number of aryl methyl sites for hydroxylation is 3. The van der Waals surface area contributed by atoms with Gasteiger partial charge in [-0.1, -0.05) is 30.3 Å². The van der Waals surface area contributed by atoms with E-state index in [1.807, 2.05) is 6.07 Å². The number of hydrogen-bond acceptors (Lipinski definition) is 1. The minimum Gasteiger partial charge on any atom is -0.327 e. The van der Waals surface area contributed by atoms with E-state index in [0.29, 0.717) is 0 Å². The zero-order valence-electron chi connectivity index (χ0n) is 10.9. The summed E-state index contributed by atoms with van der Waals surface area (Å²) in [5.41, 5.74) is 6.02. The Labute approximate surface area is 107 Å². The highest BCUT2D eigenvalue weighted by Crippen LogP contribution is 2.28. The lowest BCUT2D eigenvalue weighted by atomic mass is 10.0. The molecule has 3 rings (SSSR count). The van der Waals surface area contributed by atoms with Gasteiger partial charge in [0.15, 0.2) is 0 Å². The number of rotatable bonds is 1. The minimum atomic E-state index is 1.05. The van der Waals surface area contributed by atoms with Gasteiger partial charge in [-0.2, -0.15) is 0 Å². The monoisotopic (exact) mass is 236 g/mol. The van der Waals surface area contributed by atoms with E-state index in [4.69, 9.17) is 4.98 Å². The van der Waals surface area contributed by atoms with Crippen molar-refractivity contribution in [2.24, 2.45) is 7.05 Å². The molecule has 0 aliphatic carbocycles. The van der Waals surface area contributed by atoms with Gasteiger partial charge in [-0.25, -0.2) is 4.98 Å². The summed E-state index contributed by atoms with van der Waals surface area (Å²) in [4.78, 5) is 4.77. The van der Waals surface area contributed by atoms with Crippen LogP contribution in [0, 0.1) is 13.8 Å². The molecule has 2 nitrogen and oxygen atoms in total. The molecule has 18 heavy (non-hydrogen) atoms. The van der Waals surface area contributed by atoms with Crippen LogP contribution in [0.1, 0.15) is 11.1 Å². The fraction of sp³-hybridized carbons (Fsp3) is 0.188. The van der Waals surface area contributed by atoms with Gasteiger partial charge in [0, 0.05) is 12.6 Å². The second-order valence-corrected chi connectivity index (χ2v) is 4.75. The maximum Gasteiger partial charge on any atom is 0.141 e. The Balaban J connectivity index is 2.36. The standard InChI is InChI=1S/C16H16N2/c1-11-7-6-8-12(2)15(11)16-17-13-9-4-5-10-14(13)18(16)3/h4-10H,1-3H3. The van der Waals surface area contributed by atoms with Crippen molar-refractivity contribution >= 4 is 11.0 Å². The van der Waals surface area contributed by atoms with Gasteiger partial charge in [0.1, 0.15) is 5.82 Å². The molecule has 0 atom stereocenters. The van der Waals surface area contributed by atoms with Crippen molar-refractivity contribution in [1.82, 2.24) is 9.55 Å². The highest BCUT2D eigenvalue weighted by atomic mass is 15.1. The lowest BCUT2D eigenvalue weighted by Gasteiger charge is -2.09. The fourth-order valence-electron chi connectivity index (χ4n) is 2.54. The van der Waals surface area contributed by atoms with Crippen molar-refractivity contribution in [1.29, 1.82) is 0 Å². The van der Waals surface area contributed by atoms with E-state index in [2.05, 4.69) is 61.9 Å². The zero-order chi connectivity index (χ0) is 12.7. The quantitative estimate of drug-likeness (QED) is 0.627. The van der Waals surface area contributed by atoms with Gasteiger partial charge in [0.2, 0.25) is 0 Å². The number of nitrogens with zero attached hydrogens (tertiary/aromatic N) is 2. The van der Waals surface area contributed by atoms with Gasteiger partial charge in [0.25, 0.3) is 0 Å². The van der Waals surface area contributed by atoms with Crippen LogP contribution >= 0.6 is 0 Å². The summed E-state index contributed by atoms with van der Waals surface area (Å²) in [5.74, 6) is 1.05. The highest BCUT2D eigenvalue weighted by Gasteiger charge is 2.13. The Morgan fingerprint density at radius 3 is 2.22 bits per heavy atom. The largest absolute Gasteiger partial charge is 0.327 e. The van der Waals surface area contributed by atoms with Crippen molar-refractivity contribution in [2.75, 3.05) is 0 Å². The molecule has 0 aliphatic rings. The van der Waals surface area contributed by atoms with Crippen molar-refractivity contribution < 1.29 is 0 Å². The van der Waals surface area contributed by atoms with Crippen LogP contribution in [0.4, 0.5) is 0 Å². The van der Waals surface area contributed by atoms with Gasteiger partial charge >= 0.3 is 0 Å². The number of imidazole rings is 1. The first kappa shape index (κ1) is 11.0. The summed E-state index contributed by atoms with van der Waals surface area (Å²) in [6.45, 7) is 4.28. The molecule has 90 valence electrons. The van der Waals surface area contributed by atoms with E-state index >= 15 is 0 Å². The smallest absolute Gasteiger partial charge is 0.141 e. The Morgan fingerprint density at radius 1 is 0.889 bits per heavy atom. The van der Waals surface area contributed by atoms with E-state index in [0.717, 1.165) is 11.3 Å². The van der Waals surface area contributed by atoms with Crippen molar-refractivity contribution in [3.8, 4) is 11.4 Å². The molecule has 2 aromatic carbocycles. The van der Waals surface area contributed by atoms with Crippen molar-refractivity contribution in [3.05, 3.63) is 53.6 Å². The molecule has 0 spiro atoms. The van der Waals surface area contributed by atoms with Crippen molar-refractivity contribution in [3.63, 3.8) is 0 Å². The Kier molecular flexibility index (Phi) is 2.44. The van der Waals surface area contributed by atoms with Gasteiger partial charge in [-0.15, -0.1) is 0 Å². The second-order valence-electron chi connectivity index (χ2n) is 4.75. The van der Waals surface area contributed by atoms with Crippen LogP contribution in [-0.4, -0.2) is 9.55 Å². The van der Waals surface area contributed by atoms with E-state index < -0.39 is 0 Å². The van der Waals surface area contributed by atoms with Gasteiger partial charge in [-0.3, -0.25) is 0 Å². The molecule has 0 fully saturated rings. The number of fused-ring (bicyclic) bond motifs is 1. The van der Waals surface area contributed by atoms with Gasteiger partial charge < -0.3 is 4.57 Å². The molecule has 1 heterocycles. The van der Waals surface area contributed by atoms with Crippen LogP contribution in [0.3, 0.4) is 0 Å². The third-order valence-electron chi connectivity index (χ3n) is 3.49. The molecule has 2 heteroatoms. The van der Waals surface area contributed by atoms with Crippen LogP contribution in [0.5, 0.6) is 0 Å². The maximum absolute atomic E-state index is 4.77. The van der Waals surface area contributed by atoms with E-state index in [1.54, 1.807) is 0 Å². The summed E-state index contributed by atoms with van der Waals surface area (Å²) < 4.78 is 2.17. The first-order valence-electron chi connectivity index (χ1n) is 6.16. The van der Waals surface area contributed by atoms with Gasteiger partial charge in [0.05, 0.1) is 11.0 Å². The number of para-hydroxylation sites is 2. The average Bonchev–Trinajstić information content (AvgIpc) is 2.68. The number of hydrogen-bond donors (Lipinski definition) is 0. The molecule has 0 radical (unpaired) electrons. The third-order valence-corrected chi connectivity index (χ3v) is 3.49. The number of aromatic nitrogens is 2. The SMILES string of the molecule is Cc1cccc(C)c1-c1nc2ccccc2n1C. The molecule has 0 aliphatic heterocycles. The predicted molar refractivity (Wildman–Crippen MR) is 75.6 cm³/mol. The van der Waals surface area contributed by atoms with Crippen LogP contribution < -0.4 is 0 Å². The lowest BCUT2D eigenvalue weighted by molar-refractivity contribution is 0.955. The normalized spacial score (nSPS) is 11.1. The fourth-order valence-corrected chi connectivity index (χ4v) is 2.54. The molecule has 0 bridgehead atoms. The molecular formula is C16H16N2. The first-order valence-corrected chi connectivity index (χ1v) is 6.16. The minimum absolute atomic E-state index is 1.05. The molecule has 0 amide bonds. The molecule has 0 saturated carbocycles. The topological polar surface area (TPSA) is 17.8 Å². The summed E-state index contributed by atoms with van der Waals surface area (Å²) in [5, 5.41) is 0. The highest BCUT2D eigenvalue weighted by molar-refractivity contribution is 5.81. The van der Waals surface area contributed by atoms with Gasteiger partial charge in [-0.05, 0) is 37.1 Å². The number of benzene rings is 2. The van der Waals surface area contributed by atoms with Crippen LogP contribution in [-0.2, 0) is 7.05 Å². The predicted octanol–water partition coefficient (Wildman–Crippen LogP) is 3.86. The Hall–Kier alpha value is -2.09. The summed E-state index contributed by atoms with van der Waals surface area (Å²) in [6.07, 6.45) is 0. The zero-order valence-corrected chi connectivity index (χ0v) is 10.9. The molecule has 0 unspecified atom stereocenters.